The summed E-state index contributed by atoms with van der Waals surface area (Å²) in [5.74, 6) is -2.87. The van der Waals surface area contributed by atoms with Crippen LogP contribution in [0.25, 0.3) is 0 Å². The summed E-state index contributed by atoms with van der Waals surface area (Å²) in [6.45, 7) is 2.29. The monoisotopic (exact) mass is 346 g/mol. The van der Waals surface area contributed by atoms with Crippen molar-refractivity contribution in [2.45, 2.75) is 12.2 Å². The van der Waals surface area contributed by atoms with E-state index in [9.17, 15) is 19.1 Å². The number of carbonyl (C=O) groups is 2. The number of carboxylic acids is 1. The molecule has 0 saturated carbocycles. The lowest BCUT2D eigenvalue weighted by Crippen LogP contribution is -2.53. The van der Waals surface area contributed by atoms with Crippen LogP contribution in [0.4, 0.5) is 10.1 Å². The van der Waals surface area contributed by atoms with Gasteiger partial charge in [0.1, 0.15) is 11.7 Å². The number of ether oxygens (including phenoxy) is 1. The van der Waals surface area contributed by atoms with Crippen molar-refractivity contribution >= 4 is 17.6 Å². The zero-order valence-corrected chi connectivity index (χ0v) is 13.5. The molecular formula is C18H19FN2O4. The van der Waals surface area contributed by atoms with Crippen LogP contribution in [-0.4, -0.2) is 60.3 Å². The van der Waals surface area contributed by atoms with Crippen LogP contribution in [0.15, 0.2) is 36.4 Å². The van der Waals surface area contributed by atoms with E-state index in [-0.39, 0.29) is 11.7 Å². The molecule has 3 aliphatic heterocycles. The van der Waals surface area contributed by atoms with Gasteiger partial charge in [-0.05, 0) is 24.3 Å². The first-order valence-corrected chi connectivity index (χ1v) is 8.40. The number of anilines is 1. The number of piperazine rings is 1. The summed E-state index contributed by atoms with van der Waals surface area (Å²) in [6.07, 6.45) is 2.59. The highest BCUT2D eigenvalue weighted by Gasteiger charge is 2.54. The second-order valence-electron chi connectivity index (χ2n) is 6.63. The Kier molecular flexibility index (Phi) is 3.95. The Bertz CT molecular complexity index is 712. The fraction of sp³-hybridized carbons (Fsp3) is 0.444. The fourth-order valence-electron chi connectivity index (χ4n) is 3.94. The van der Waals surface area contributed by atoms with Gasteiger partial charge in [0.15, 0.2) is 0 Å². The second-order valence-corrected chi connectivity index (χ2v) is 6.63. The molecule has 132 valence electrons. The summed E-state index contributed by atoms with van der Waals surface area (Å²) in [4.78, 5) is 28.2. The lowest BCUT2D eigenvalue weighted by Gasteiger charge is -2.38. The smallest absolute Gasteiger partial charge is 0.310 e. The van der Waals surface area contributed by atoms with Gasteiger partial charge < -0.3 is 19.6 Å². The van der Waals surface area contributed by atoms with Gasteiger partial charge in [-0.2, -0.15) is 0 Å². The number of aliphatic carboxylic acids is 1. The van der Waals surface area contributed by atoms with Gasteiger partial charge in [0, 0.05) is 31.9 Å². The van der Waals surface area contributed by atoms with Crippen molar-refractivity contribution in [1.82, 2.24) is 4.90 Å². The molecule has 2 saturated heterocycles. The number of hydrogen-bond acceptors (Lipinski definition) is 4. The first kappa shape index (κ1) is 16.1. The Morgan fingerprint density at radius 3 is 2.20 bits per heavy atom. The van der Waals surface area contributed by atoms with Crippen molar-refractivity contribution in [3.63, 3.8) is 0 Å². The van der Waals surface area contributed by atoms with Crippen molar-refractivity contribution in [3.8, 4) is 0 Å². The highest BCUT2D eigenvalue weighted by atomic mass is 19.1. The number of carboxylic acid groups (broad SMARTS) is 1. The molecule has 4 rings (SSSR count). The number of nitrogens with zero attached hydrogens (tertiary/aromatic N) is 2. The summed E-state index contributed by atoms with van der Waals surface area (Å²) in [5, 5.41) is 9.44. The predicted octanol–water partition coefficient (Wildman–Crippen LogP) is 1.13. The average Bonchev–Trinajstić information content (AvgIpc) is 3.23. The third kappa shape index (κ3) is 2.78. The quantitative estimate of drug-likeness (QED) is 0.831. The molecule has 25 heavy (non-hydrogen) atoms. The molecule has 4 atom stereocenters. The maximum absolute atomic E-state index is 13.0. The first-order valence-electron chi connectivity index (χ1n) is 8.40. The standard InChI is InChI=1S/C18H19FN2O4/c19-11-1-3-12(4-2-11)20-7-9-21(10-8-20)17(22)15-13-5-6-14(25-13)16(15)18(23)24/h1-6,13-16H,7-10H2,(H,23,24). The molecule has 1 aromatic carbocycles. The summed E-state index contributed by atoms with van der Waals surface area (Å²) in [6, 6.07) is 6.29. The van der Waals surface area contributed by atoms with Gasteiger partial charge in [-0.15, -0.1) is 0 Å². The highest BCUT2D eigenvalue weighted by Crippen LogP contribution is 2.40. The minimum atomic E-state index is -0.986. The summed E-state index contributed by atoms with van der Waals surface area (Å²) < 4.78 is 18.6. The van der Waals surface area contributed by atoms with E-state index in [0.717, 1.165) is 5.69 Å². The van der Waals surface area contributed by atoms with E-state index < -0.39 is 30.0 Å². The van der Waals surface area contributed by atoms with Crippen LogP contribution in [0.1, 0.15) is 0 Å². The second kappa shape index (κ2) is 6.15. The van der Waals surface area contributed by atoms with Crippen molar-refractivity contribution < 1.29 is 23.8 Å². The molecule has 0 aromatic heterocycles. The topological polar surface area (TPSA) is 70.1 Å². The van der Waals surface area contributed by atoms with Crippen molar-refractivity contribution in [1.29, 1.82) is 0 Å². The van der Waals surface area contributed by atoms with Crippen molar-refractivity contribution in [3.05, 3.63) is 42.2 Å². The molecule has 0 radical (unpaired) electrons. The van der Waals surface area contributed by atoms with Crippen LogP contribution in [0, 0.1) is 17.7 Å². The Morgan fingerprint density at radius 2 is 1.60 bits per heavy atom. The Hall–Kier alpha value is -2.41. The number of fused-ring (bicyclic) bond motifs is 2. The highest BCUT2D eigenvalue weighted by molar-refractivity contribution is 5.87. The zero-order valence-electron chi connectivity index (χ0n) is 13.5. The van der Waals surface area contributed by atoms with Gasteiger partial charge in [-0.1, -0.05) is 12.2 Å². The van der Waals surface area contributed by atoms with Crippen LogP contribution >= 0.6 is 0 Å². The molecular weight excluding hydrogens is 327 g/mol. The predicted molar refractivity (Wildman–Crippen MR) is 87.6 cm³/mol. The number of carbonyl (C=O) groups excluding carboxylic acids is 1. The van der Waals surface area contributed by atoms with E-state index >= 15 is 0 Å². The van der Waals surface area contributed by atoms with Crippen LogP contribution in [0.5, 0.6) is 0 Å². The van der Waals surface area contributed by atoms with Crippen LogP contribution in [0.2, 0.25) is 0 Å². The molecule has 6 nitrogen and oxygen atoms in total. The lowest BCUT2D eigenvalue weighted by molar-refractivity contribution is -0.149. The Labute approximate surface area is 144 Å². The maximum atomic E-state index is 13.0. The largest absolute Gasteiger partial charge is 0.481 e. The molecule has 1 N–H and O–H groups in total. The van der Waals surface area contributed by atoms with Gasteiger partial charge in [0.25, 0.3) is 0 Å². The van der Waals surface area contributed by atoms with Crippen molar-refractivity contribution in [2.75, 3.05) is 31.1 Å². The molecule has 2 fully saturated rings. The fourth-order valence-corrected chi connectivity index (χ4v) is 3.94. The maximum Gasteiger partial charge on any atom is 0.310 e. The van der Waals surface area contributed by atoms with Crippen molar-refractivity contribution in [2.24, 2.45) is 11.8 Å². The van der Waals surface area contributed by atoms with E-state index in [1.165, 1.54) is 12.1 Å². The normalized spacial score (nSPS) is 30.8. The molecule has 1 amide bonds. The number of hydrogen-bond donors (Lipinski definition) is 1. The summed E-state index contributed by atoms with van der Waals surface area (Å²) in [7, 11) is 0. The number of amides is 1. The first-order chi connectivity index (χ1) is 12.0. The molecule has 4 unspecified atom stereocenters. The molecule has 0 spiro atoms. The van der Waals surface area contributed by atoms with E-state index in [0.29, 0.717) is 26.2 Å². The molecule has 3 aliphatic rings. The minimum Gasteiger partial charge on any atom is -0.481 e. The van der Waals surface area contributed by atoms with Crippen LogP contribution in [-0.2, 0) is 14.3 Å². The summed E-state index contributed by atoms with van der Waals surface area (Å²) in [5.41, 5.74) is 0.920. The van der Waals surface area contributed by atoms with Gasteiger partial charge >= 0.3 is 5.97 Å². The third-order valence-electron chi connectivity index (χ3n) is 5.25. The van der Waals surface area contributed by atoms with Gasteiger partial charge in [0.2, 0.25) is 5.91 Å². The molecule has 7 heteroatoms. The van der Waals surface area contributed by atoms with Gasteiger partial charge in [-0.25, -0.2) is 4.39 Å². The van der Waals surface area contributed by atoms with E-state index in [1.807, 2.05) is 0 Å². The minimum absolute atomic E-state index is 0.150. The Balaban J connectivity index is 1.42. The van der Waals surface area contributed by atoms with Gasteiger partial charge in [-0.3, -0.25) is 9.59 Å². The SMILES string of the molecule is O=C(O)C1C2C=CC(O2)C1C(=O)N1CCN(c2ccc(F)cc2)CC1. The average molecular weight is 346 g/mol. The molecule has 2 bridgehead atoms. The summed E-state index contributed by atoms with van der Waals surface area (Å²) >= 11 is 0. The molecule has 0 aliphatic carbocycles. The number of rotatable bonds is 3. The molecule has 1 aromatic rings. The van der Waals surface area contributed by atoms with E-state index in [1.54, 1.807) is 29.2 Å². The van der Waals surface area contributed by atoms with E-state index in [2.05, 4.69) is 4.90 Å². The zero-order chi connectivity index (χ0) is 17.6. The third-order valence-corrected chi connectivity index (χ3v) is 5.25. The van der Waals surface area contributed by atoms with E-state index in [4.69, 9.17) is 4.74 Å². The van der Waals surface area contributed by atoms with Gasteiger partial charge in [0.05, 0.1) is 18.1 Å². The van der Waals surface area contributed by atoms with Crippen LogP contribution in [0.3, 0.4) is 0 Å². The molecule has 3 heterocycles. The Morgan fingerprint density at radius 1 is 1.00 bits per heavy atom. The number of halogens is 1. The van der Waals surface area contributed by atoms with Crippen LogP contribution < -0.4 is 4.90 Å². The number of benzene rings is 1. The lowest BCUT2D eigenvalue weighted by atomic mass is 9.82.